The molecule has 0 aliphatic carbocycles. The maximum absolute atomic E-state index is 11.6. The van der Waals surface area contributed by atoms with E-state index in [9.17, 15) is 9.59 Å². The number of carbonyl (C=O) groups is 2. The second-order valence-corrected chi connectivity index (χ2v) is 4.10. The van der Waals surface area contributed by atoms with Gasteiger partial charge < -0.3 is 10.1 Å². The summed E-state index contributed by atoms with van der Waals surface area (Å²) in [4.78, 5) is 23.1. The van der Waals surface area contributed by atoms with Crippen molar-refractivity contribution >= 4 is 17.8 Å². The van der Waals surface area contributed by atoms with Crippen LogP contribution in [-0.2, 0) is 0 Å². The number of para-hydroxylation sites is 2. The number of imide groups is 1. The third-order valence-corrected chi connectivity index (χ3v) is 2.56. The average Bonchev–Trinajstić information content (AvgIpc) is 2.42. The van der Waals surface area contributed by atoms with E-state index in [0.29, 0.717) is 11.4 Å². The lowest BCUT2D eigenvalue weighted by Gasteiger charge is -2.09. The summed E-state index contributed by atoms with van der Waals surface area (Å²) in [5, 5.41) is 4.67. The predicted molar refractivity (Wildman–Crippen MR) is 75.8 cm³/mol. The van der Waals surface area contributed by atoms with Gasteiger partial charge in [-0.2, -0.15) is 0 Å². The molecule has 2 N–H and O–H groups in total. The fourth-order valence-corrected chi connectivity index (χ4v) is 1.58. The standard InChI is InChI=1S/C15H14N2O3/c1-11-7-5-6-10-13(11)16-14(18)17-15(19)20-12-8-3-2-4-9-12/h2-10H,1H3,(H2,16,17,18,19). The number of aryl methyl sites for hydroxylation is 1. The molecule has 0 heterocycles. The zero-order valence-corrected chi connectivity index (χ0v) is 10.9. The fraction of sp³-hybridized carbons (Fsp3) is 0.0667. The second-order valence-electron chi connectivity index (χ2n) is 4.10. The van der Waals surface area contributed by atoms with E-state index in [1.165, 1.54) is 0 Å². The first-order chi connectivity index (χ1) is 9.65. The van der Waals surface area contributed by atoms with E-state index in [1.807, 2.05) is 19.1 Å². The van der Waals surface area contributed by atoms with Gasteiger partial charge in [0.2, 0.25) is 0 Å². The number of urea groups is 1. The number of benzene rings is 2. The van der Waals surface area contributed by atoms with E-state index in [-0.39, 0.29) is 0 Å². The highest BCUT2D eigenvalue weighted by molar-refractivity contribution is 5.99. The Morgan fingerprint density at radius 2 is 1.60 bits per heavy atom. The maximum atomic E-state index is 11.6. The third-order valence-electron chi connectivity index (χ3n) is 2.56. The van der Waals surface area contributed by atoms with Crippen LogP contribution in [0.25, 0.3) is 0 Å². The van der Waals surface area contributed by atoms with Gasteiger partial charge in [0.25, 0.3) is 0 Å². The van der Waals surface area contributed by atoms with Crippen LogP contribution in [0.1, 0.15) is 5.56 Å². The first-order valence-electron chi connectivity index (χ1n) is 6.05. The van der Waals surface area contributed by atoms with Crippen molar-refractivity contribution in [3.05, 3.63) is 60.2 Å². The van der Waals surface area contributed by atoms with Gasteiger partial charge in [-0.1, -0.05) is 36.4 Å². The molecule has 20 heavy (non-hydrogen) atoms. The SMILES string of the molecule is Cc1ccccc1NC(=O)NC(=O)Oc1ccccc1. The number of amides is 3. The van der Waals surface area contributed by atoms with Crippen LogP contribution in [0.4, 0.5) is 15.3 Å². The molecular formula is C15H14N2O3. The van der Waals surface area contributed by atoms with Crippen molar-refractivity contribution < 1.29 is 14.3 Å². The average molecular weight is 270 g/mol. The predicted octanol–water partition coefficient (Wildman–Crippen LogP) is 3.32. The van der Waals surface area contributed by atoms with Crippen molar-refractivity contribution in [2.75, 3.05) is 5.32 Å². The fourth-order valence-electron chi connectivity index (χ4n) is 1.58. The van der Waals surface area contributed by atoms with Crippen LogP contribution in [0.3, 0.4) is 0 Å². The molecule has 0 aromatic heterocycles. The van der Waals surface area contributed by atoms with E-state index >= 15 is 0 Å². The Balaban J connectivity index is 1.89. The topological polar surface area (TPSA) is 67.4 Å². The lowest BCUT2D eigenvalue weighted by molar-refractivity contribution is 0.199. The zero-order valence-electron chi connectivity index (χ0n) is 10.9. The highest BCUT2D eigenvalue weighted by Crippen LogP contribution is 2.12. The molecule has 0 saturated carbocycles. The molecule has 0 fully saturated rings. The van der Waals surface area contributed by atoms with Gasteiger partial charge in [0.15, 0.2) is 0 Å². The first kappa shape index (κ1) is 13.6. The summed E-state index contributed by atoms with van der Waals surface area (Å²) in [7, 11) is 0. The molecule has 0 bridgehead atoms. The molecule has 2 rings (SSSR count). The van der Waals surface area contributed by atoms with E-state index in [1.54, 1.807) is 42.5 Å². The Kier molecular flexibility index (Phi) is 4.34. The summed E-state index contributed by atoms with van der Waals surface area (Å²) in [6, 6.07) is 15.1. The van der Waals surface area contributed by atoms with E-state index < -0.39 is 12.1 Å². The number of anilines is 1. The molecule has 0 radical (unpaired) electrons. The lowest BCUT2D eigenvalue weighted by Crippen LogP contribution is -2.36. The molecule has 5 nitrogen and oxygen atoms in total. The van der Waals surface area contributed by atoms with Crippen LogP contribution in [0, 0.1) is 6.92 Å². The van der Waals surface area contributed by atoms with Crippen molar-refractivity contribution in [3.63, 3.8) is 0 Å². The van der Waals surface area contributed by atoms with Gasteiger partial charge in [-0.05, 0) is 30.7 Å². The number of rotatable bonds is 2. The molecule has 0 unspecified atom stereocenters. The number of hydrogen-bond acceptors (Lipinski definition) is 3. The number of nitrogens with one attached hydrogen (secondary N) is 2. The molecule has 5 heteroatoms. The molecule has 0 spiro atoms. The zero-order chi connectivity index (χ0) is 14.4. The van der Waals surface area contributed by atoms with Gasteiger partial charge in [-0.15, -0.1) is 0 Å². The van der Waals surface area contributed by atoms with E-state index in [2.05, 4.69) is 10.6 Å². The van der Waals surface area contributed by atoms with Crippen LogP contribution >= 0.6 is 0 Å². The monoisotopic (exact) mass is 270 g/mol. The highest BCUT2D eigenvalue weighted by Gasteiger charge is 2.10. The minimum atomic E-state index is -0.831. The molecule has 0 aliphatic heterocycles. The molecular weight excluding hydrogens is 256 g/mol. The summed E-state index contributed by atoms with van der Waals surface area (Å²) in [6.07, 6.45) is -0.831. The molecule has 2 aromatic carbocycles. The number of ether oxygens (including phenoxy) is 1. The maximum Gasteiger partial charge on any atom is 0.420 e. The van der Waals surface area contributed by atoms with Crippen molar-refractivity contribution in [3.8, 4) is 5.75 Å². The smallest absolute Gasteiger partial charge is 0.410 e. The Hall–Kier alpha value is -2.82. The van der Waals surface area contributed by atoms with Crippen LogP contribution in [0.2, 0.25) is 0 Å². The first-order valence-corrected chi connectivity index (χ1v) is 6.05. The van der Waals surface area contributed by atoms with Crippen molar-refractivity contribution in [1.29, 1.82) is 0 Å². The van der Waals surface area contributed by atoms with Crippen LogP contribution in [0.15, 0.2) is 54.6 Å². The molecule has 102 valence electrons. The minimum absolute atomic E-state index is 0.369. The van der Waals surface area contributed by atoms with Crippen molar-refractivity contribution in [1.82, 2.24) is 5.32 Å². The molecule has 3 amide bonds. The molecule has 2 aromatic rings. The molecule has 0 saturated heterocycles. The van der Waals surface area contributed by atoms with Crippen LogP contribution in [-0.4, -0.2) is 12.1 Å². The van der Waals surface area contributed by atoms with Crippen LogP contribution in [0.5, 0.6) is 5.75 Å². The minimum Gasteiger partial charge on any atom is -0.410 e. The van der Waals surface area contributed by atoms with Crippen molar-refractivity contribution in [2.24, 2.45) is 0 Å². The summed E-state index contributed by atoms with van der Waals surface area (Å²) >= 11 is 0. The van der Waals surface area contributed by atoms with Crippen LogP contribution < -0.4 is 15.4 Å². The Labute approximate surface area is 116 Å². The Morgan fingerprint density at radius 3 is 2.30 bits per heavy atom. The normalized spacial score (nSPS) is 9.65. The van der Waals surface area contributed by atoms with E-state index in [4.69, 9.17) is 4.74 Å². The third kappa shape index (κ3) is 3.84. The highest BCUT2D eigenvalue weighted by atomic mass is 16.6. The summed E-state index contributed by atoms with van der Waals surface area (Å²) in [6.45, 7) is 1.86. The van der Waals surface area contributed by atoms with Gasteiger partial charge >= 0.3 is 12.1 Å². The van der Waals surface area contributed by atoms with Crippen molar-refractivity contribution in [2.45, 2.75) is 6.92 Å². The molecule has 0 aliphatic rings. The second kappa shape index (κ2) is 6.38. The summed E-state index contributed by atoms with van der Waals surface area (Å²) in [5.74, 6) is 0.369. The van der Waals surface area contributed by atoms with Gasteiger partial charge in [-0.3, -0.25) is 0 Å². The lowest BCUT2D eigenvalue weighted by atomic mass is 10.2. The number of hydrogen-bond donors (Lipinski definition) is 2. The number of carbonyl (C=O) groups excluding carboxylic acids is 2. The van der Waals surface area contributed by atoms with E-state index in [0.717, 1.165) is 5.56 Å². The summed E-state index contributed by atoms with van der Waals surface area (Å²) < 4.78 is 4.94. The van der Waals surface area contributed by atoms with Gasteiger partial charge in [0.1, 0.15) is 5.75 Å². The Bertz CT molecular complexity index is 612. The Morgan fingerprint density at radius 1 is 0.950 bits per heavy atom. The largest absolute Gasteiger partial charge is 0.420 e. The quantitative estimate of drug-likeness (QED) is 0.879. The van der Waals surface area contributed by atoms with Gasteiger partial charge in [0.05, 0.1) is 0 Å². The van der Waals surface area contributed by atoms with Gasteiger partial charge in [0, 0.05) is 5.69 Å². The molecule has 0 atom stereocenters. The summed E-state index contributed by atoms with van der Waals surface area (Å²) in [5.41, 5.74) is 1.54. The van der Waals surface area contributed by atoms with Gasteiger partial charge in [-0.25, -0.2) is 14.9 Å².